The van der Waals surface area contributed by atoms with E-state index in [4.69, 9.17) is 0 Å². The van der Waals surface area contributed by atoms with E-state index in [0.717, 1.165) is 5.56 Å². The Bertz CT molecular complexity index is 693. The molecule has 0 spiro atoms. The third-order valence-corrected chi connectivity index (χ3v) is 4.91. The van der Waals surface area contributed by atoms with Gasteiger partial charge in [-0.25, -0.2) is 8.42 Å². The van der Waals surface area contributed by atoms with E-state index >= 15 is 0 Å². The molecule has 0 amide bonds. The van der Waals surface area contributed by atoms with Crippen molar-refractivity contribution < 1.29 is 13.5 Å². The maximum Gasteiger partial charge on any atom is 0.264 e. The van der Waals surface area contributed by atoms with Crippen molar-refractivity contribution in [2.24, 2.45) is 0 Å². The Morgan fingerprint density at radius 2 is 1.75 bits per heavy atom. The molecule has 106 valence electrons. The van der Waals surface area contributed by atoms with Gasteiger partial charge in [-0.1, -0.05) is 23.8 Å². The van der Waals surface area contributed by atoms with Gasteiger partial charge >= 0.3 is 0 Å². The van der Waals surface area contributed by atoms with Gasteiger partial charge in [-0.05, 0) is 38.1 Å². The number of hydrogen-bond acceptors (Lipinski definition) is 3. The Labute approximate surface area is 119 Å². The van der Waals surface area contributed by atoms with Gasteiger partial charge in [-0.3, -0.25) is 4.31 Å². The summed E-state index contributed by atoms with van der Waals surface area (Å²) < 4.78 is 26.6. The first-order valence-electron chi connectivity index (χ1n) is 6.33. The van der Waals surface area contributed by atoms with Crippen LogP contribution in [-0.2, 0) is 10.0 Å². The number of hydrogen-bond donors (Lipinski definition) is 1. The minimum absolute atomic E-state index is 0.0639. The minimum atomic E-state index is -3.67. The molecule has 2 aromatic carbocycles. The predicted molar refractivity (Wildman–Crippen MR) is 79.5 cm³/mol. The molecule has 0 radical (unpaired) electrons. The lowest BCUT2D eigenvalue weighted by atomic mass is 10.2. The SMILES string of the molecule is CCN(c1ccc(C)cc1)S(=O)(=O)c1cccc(O)c1. The van der Waals surface area contributed by atoms with Gasteiger partial charge in [-0.2, -0.15) is 0 Å². The molecule has 0 atom stereocenters. The fourth-order valence-corrected chi connectivity index (χ4v) is 3.49. The van der Waals surface area contributed by atoms with Crippen molar-refractivity contribution in [1.82, 2.24) is 0 Å². The van der Waals surface area contributed by atoms with Crippen LogP contribution in [0.3, 0.4) is 0 Å². The van der Waals surface area contributed by atoms with E-state index in [9.17, 15) is 13.5 Å². The molecule has 20 heavy (non-hydrogen) atoms. The molecule has 0 bridgehead atoms. The van der Waals surface area contributed by atoms with E-state index in [-0.39, 0.29) is 10.6 Å². The zero-order chi connectivity index (χ0) is 14.8. The lowest BCUT2D eigenvalue weighted by molar-refractivity contribution is 0.473. The largest absolute Gasteiger partial charge is 0.508 e. The number of rotatable bonds is 4. The molecular formula is C15H17NO3S. The van der Waals surface area contributed by atoms with Gasteiger partial charge in [0.15, 0.2) is 0 Å². The average molecular weight is 291 g/mol. The summed E-state index contributed by atoms with van der Waals surface area (Å²) >= 11 is 0. The van der Waals surface area contributed by atoms with E-state index in [1.54, 1.807) is 19.1 Å². The van der Waals surface area contributed by atoms with Crippen LogP contribution in [0.25, 0.3) is 0 Å². The molecular weight excluding hydrogens is 274 g/mol. The first kappa shape index (κ1) is 14.4. The summed E-state index contributed by atoms with van der Waals surface area (Å²) in [6.07, 6.45) is 0. The van der Waals surface area contributed by atoms with Crippen LogP contribution in [-0.4, -0.2) is 20.1 Å². The number of anilines is 1. The molecule has 0 aromatic heterocycles. The summed E-state index contributed by atoms with van der Waals surface area (Å²) in [4.78, 5) is 0.0833. The van der Waals surface area contributed by atoms with Crippen molar-refractivity contribution in [3.63, 3.8) is 0 Å². The van der Waals surface area contributed by atoms with Crippen LogP contribution in [0, 0.1) is 6.92 Å². The van der Waals surface area contributed by atoms with Crippen LogP contribution in [0.15, 0.2) is 53.4 Å². The molecule has 0 aliphatic carbocycles. The Morgan fingerprint density at radius 3 is 2.30 bits per heavy atom. The van der Waals surface area contributed by atoms with Crippen LogP contribution < -0.4 is 4.31 Å². The van der Waals surface area contributed by atoms with Crippen molar-refractivity contribution in [2.75, 3.05) is 10.8 Å². The first-order chi connectivity index (χ1) is 9.45. The molecule has 0 saturated heterocycles. The van der Waals surface area contributed by atoms with Gasteiger partial charge in [0.1, 0.15) is 5.75 Å². The molecule has 0 unspecified atom stereocenters. The number of aromatic hydroxyl groups is 1. The van der Waals surface area contributed by atoms with Crippen LogP contribution in [0.5, 0.6) is 5.75 Å². The molecule has 0 aliphatic rings. The third-order valence-electron chi connectivity index (χ3n) is 3.01. The highest BCUT2D eigenvalue weighted by molar-refractivity contribution is 7.92. The molecule has 2 rings (SSSR count). The summed E-state index contributed by atoms with van der Waals surface area (Å²) in [7, 11) is -3.67. The van der Waals surface area contributed by atoms with Crippen molar-refractivity contribution >= 4 is 15.7 Å². The monoisotopic (exact) mass is 291 g/mol. The van der Waals surface area contributed by atoms with Crippen molar-refractivity contribution in [1.29, 1.82) is 0 Å². The van der Waals surface area contributed by atoms with Crippen LogP contribution in [0.1, 0.15) is 12.5 Å². The topological polar surface area (TPSA) is 57.6 Å². The molecule has 5 heteroatoms. The Kier molecular flexibility index (Phi) is 3.99. The number of phenols is 1. The van der Waals surface area contributed by atoms with Gasteiger partial charge < -0.3 is 5.11 Å². The highest BCUT2D eigenvalue weighted by Gasteiger charge is 2.23. The molecule has 0 heterocycles. The highest BCUT2D eigenvalue weighted by Crippen LogP contribution is 2.25. The van der Waals surface area contributed by atoms with E-state index in [0.29, 0.717) is 12.2 Å². The first-order valence-corrected chi connectivity index (χ1v) is 7.77. The van der Waals surface area contributed by atoms with E-state index in [1.807, 2.05) is 19.1 Å². The fourth-order valence-electron chi connectivity index (χ4n) is 1.97. The predicted octanol–water partition coefficient (Wildman–Crippen LogP) is 2.92. The maximum absolute atomic E-state index is 12.6. The minimum Gasteiger partial charge on any atom is -0.508 e. The van der Waals surface area contributed by atoms with Crippen LogP contribution >= 0.6 is 0 Å². The summed E-state index contributed by atoms with van der Waals surface area (Å²) in [5, 5.41) is 9.45. The third kappa shape index (κ3) is 2.77. The molecule has 0 aliphatic heterocycles. The standard InChI is InChI=1S/C15H17NO3S/c1-3-16(13-9-7-12(2)8-10-13)20(18,19)15-6-4-5-14(17)11-15/h4-11,17H,3H2,1-2H3. The Hall–Kier alpha value is -2.01. The van der Waals surface area contributed by atoms with E-state index in [2.05, 4.69) is 0 Å². The number of nitrogens with zero attached hydrogens (tertiary/aromatic N) is 1. The average Bonchev–Trinajstić information content (AvgIpc) is 2.41. The zero-order valence-corrected chi connectivity index (χ0v) is 12.3. The number of sulfonamides is 1. The summed E-state index contributed by atoms with van der Waals surface area (Å²) in [6.45, 7) is 4.05. The Balaban J connectivity index is 2.47. The highest BCUT2D eigenvalue weighted by atomic mass is 32.2. The van der Waals surface area contributed by atoms with Gasteiger partial charge in [-0.15, -0.1) is 0 Å². The van der Waals surface area contributed by atoms with Crippen molar-refractivity contribution in [2.45, 2.75) is 18.7 Å². The second-order valence-electron chi connectivity index (χ2n) is 4.50. The summed E-state index contributed by atoms with van der Waals surface area (Å²) in [5.41, 5.74) is 1.68. The normalized spacial score (nSPS) is 11.3. The molecule has 0 saturated carbocycles. The van der Waals surface area contributed by atoms with Gasteiger partial charge in [0, 0.05) is 12.6 Å². The lowest BCUT2D eigenvalue weighted by Crippen LogP contribution is -2.30. The van der Waals surface area contributed by atoms with E-state index < -0.39 is 10.0 Å². The number of phenolic OH excluding ortho intramolecular Hbond substituents is 1. The van der Waals surface area contributed by atoms with Crippen molar-refractivity contribution in [3.8, 4) is 5.75 Å². The smallest absolute Gasteiger partial charge is 0.264 e. The summed E-state index contributed by atoms with van der Waals surface area (Å²) in [6, 6.07) is 13.0. The van der Waals surface area contributed by atoms with Gasteiger partial charge in [0.05, 0.1) is 10.6 Å². The fraction of sp³-hybridized carbons (Fsp3) is 0.200. The second kappa shape index (κ2) is 5.54. The Morgan fingerprint density at radius 1 is 1.10 bits per heavy atom. The number of aryl methyl sites for hydroxylation is 1. The van der Waals surface area contributed by atoms with Gasteiger partial charge in [0.25, 0.3) is 10.0 Å². The van der Waals surface area contributed by atoms with E-state index in [1.165, 1.54) is 28.6 Å². The quantitative estimate of drug-likeness (QED) is 0.942. The molecule has 2 aromatic rings. The lowest BCUT2D eigenvalue weighted by Gasteiger charge is -2.23. The maximum atomic E-state index is 12.6. The second-order valence-corrected chi connectivity index (χ2v) is 6.37. The van der Waals surface area contributed by atoms with Crippen molar-refractivity contribution in [3.05, 3.63) is 54.1 Å². The van der Waals surface area contributed by atoms with Crippen LogP contribution in [0.2, 0.25) is 0 Å². The molecule has 4 nitrogen and oxygen atoms in total. The molecule has 0 fully saturated rings. The summed E-state index contributed by atoms with van der Waals surface area (Å²) in [5.74, 6) is -0.0639. The molecule has 1 N–H and O–H groups in total. The number of benzene rings is 2. The zero-order valence-electron chi connectivity index (χ0n) is 11.4. The van der Waals surface area contributed by atoms with Gasteiger partial charge in [0.2, 0.25) is 0 Å². The van der Waals surface area contributed by atoms with Crippen LogP contribution in [0.4, 0.5) is 5.69 Å².